The number of carboxylic acids is 3. The number of ether oxygens (including phenoxy) is 1. The number of carboxylic acid groups (broad SMARTS) is 3. The molecule has 0 bridgehead atoms. The van der Waals surface area contributed by atoms with Crippen molar-refractivity contribution >= 4 is 23.9 Å². The standard InChI is InChI=1S/C36H54O13/c1-17-9-10-35(29(44)45)12-11-33(5)19(24(35)18(17)2)7-8-22-31(3)13-20(38)26(40)32(4,16-37)25(31)21(14-34(22,33)6)49-23(39)15-36(48,30(46)47)27(41)28(42)43/h7,17-18,20-22,24-27,37-38,40-41,48H,8-16H2,1-6H3,(H,42,43)(H,44,45)(H,46,47)/t17-,18+,20-,21-,22-,24+,25-,26+,27?,31-,32+,33-,34-,35+,36?/m1/s1. The molecule has 5 aliphatic rings. The Kier molecular flexibility index (Phi) is 9.23. The van der Waals surface area contributed by atoms with Crippen molar-refractivity contribution in [1.29, 1.82) is 0 Å². The fourth-order valence-electron chi connectivity index (χ4n) is 12.2. The number of hydrogen-bond acceptors (Lipinski definition) is 10. The van der Waals surface area contributed by atoms with Gasteiger partial charge in [0, 0.05) is 11.3 Å². The summed E-state index contributed by atoms with van der Waals surface area (Å²) in [6.45, 7) is 11.5. The van der Waals surface area contributed by atoms with Crippen LogP contribution in [0.1, 0.15) is 92.9 Å². The maximum absolute atomic E-state index is 13.6. The van der Waals surface area contributed by atoms with Crippen LogP contribution in [0.15, 0.2) is 11.6 Å². The van der Waals surface area contributed by atoms with Gasteiger partial charge in [-0.25, -0.2) is 9.59 Å². The molecule has 2 unspecified atom stereocenters. The second-order valence-corrected chi connectivity index (χ2v) is 17.3. The number of allylic oxidation sites excluding steroid dienone is 2. The molecule has 0 spiro atoms. The number of carbonyl (C=O) groups excluding carboxylic acids is 1. The SMILES string of the molecule is C[C@H]1[C@H](C)CC[C@]2(C(=O)O)CC[C@]3(C)C(=CC[C@@H]4[C@@]5(C)C[C@@H](O)[C@H](O)[C@@](C)(CO)[C@@H]5[C@H](OC(=O)CC(O)(C(=O)O)C(O)C(=O)O)C[C@]43C)[C@H]12. The Balaban J connectivity index is 1.64. The van der Waals surface area contributed by atoms with E-state index in [9.17, 15) is 60.0 Å². The minimum Gasteiger partial charge on any atom is -0.481 e. The summed E-state index contributed by atoms with van der Waals surface area (Å²) in [6.07, 6.45) is -2.65. The Morgan fingerprint density at radius 1 is 1.00 bits per heavy atom. The molecule has 0 aliphatic heterocycles. The number of aliphatic hydroxyl groups is 5. The third-order valence-electron chi connectivity index (χ3n) is 15.1. The molecule has 5 rings (SSSR count). The van der Waals surface area contributed by atoms with Crippen molar-refractivity contribution in [3.63, 3.8) is 0 Å². The summed E-state index contributed by atoms with van der Waals surface area (Å²) in [6, 6.07) is 0. The van der Waals surface area contributed by atoms with Crippen LogP contribution in [0.25, 0.3) is 0 Å². The highest BCUT2D eigenvalue weighted by Crippen LogP contribution is 2.76. The molecule has 0 aromatic rings. The zero-order chi connectivity index (χ0) is 36.9. The number of hydrogen-bond donors (Lipinski definition) is 8. The van der Waals surface area contributed by atoms with E-state index in [1.165, 1.54) is 0 Å². The average Bonchev–Trinajstić information content (AvgIpc) is 3.01. The van der Waals surface area contributed by atoms with Crippen molar-refractivity contribution in [3.05, 3.63) is 11.6 Å². The van der Waals surface area contributed by atoms with E-state index in [0.717, 1.165) is 12.0 Å². The molecule has 5 aliphatic carbocycles. The van der Waals surface area contributed by atoms with E-state index in [1.807, 2.05) is 6.92 Å². The first-order valence-electron chi connectivity index (χ1n) is 17.5. The van der Waals surface area contributed by atoms with Gasteiger partial charge in [-0.15, -0.1) is 0 Å². The fourth-order valence-corrected chi connectivity index (χ4v) is 12.2. The number of esters is 1. The van der Waals surface area contributed by atoms with Crippen molar-refractivity contribution in [3.8, 4) is 0 Å². The lowest BCUT2D eigenvalue weighted by Crippen LogP contribution is -2.72. The molecule has 8 N–H and O–H groups in total. The van der Waals surface area contributed by atoms with Crippen LogP contribution in [0, 0.1) is 56.7 Å². The first-order valence-corrected chi connectivity index (χ1v) is 17.5. The largest absolute Gasteiger partial charge is 0.481 e. The molecule has 13 nitrogen and oxygen atoms in total. The topological polar surface area (TPSA) is 239 Å². The van der Waals surface area contributed by atoms with Gasteiger partial charge in [-0.3, -0.25) is 9.59 Å². The lowest BCUT2D eigenvalue weighted by molar-refractivity contribution is -0.277. The van der Waals surface area contributed by atoms with Crippen LogP contribution in [-0.2, 0) is 23.9 Å². The van der Waals surface area contributed by atoms with Gasteiger partial charge in [0.2, 0.25) is 5.60 Å². The van der Waals surface area contributed by atoms with Crippen LogP contribution in [0.4, 0.5) is 0 Å². The van der Waals surface area contributed by atoms with Crippen LogP contribution in [0.2, 0.25) is 0 Å². The molecule has 49 heavy (non-hydrogen) atoms. The molecule has 4 fully saturated rings. The summed E-state index contributed by atoms with van der Waals surface area (Å²) in [7, 11) is 0. The Morgan fingerprint density at radius 2 is 1.63 bits per heavy atom. The molecular formula is C36H54O13. The Hall–Kier alpha value is -2.58. The molecule has 0 amide bonds. The van der Waals surface area contributed by atoms with Gasteiger partial charge in [0.15, 0.2) is 6.10 Å². The number of rotatable bonds is 8. The van der Waals surface area contributed by atoms with Gasteiger partial charge < -0.3 is 45.6 Å². The van der Waals surface area contributed by atoms with Crippen molar-refractivity contribution in [2.75, 3.05) is 6.61 Å². The maximum atomic E-state index is 13.6. The zero-order valence-corrected chi connectivity index (χ0v) is 29.3. The van der Waals surface area contributed by atoms with Gasteiger partial charge in [0.1, 0.15) is 6.10 Å². The number of fused-ring (bicyclic) bond motifs is 7. The Bertz CT molecular complexity index is 1430. The summed E-state index contributed by atoms with van der Waals surface area (Å²) in [5.41, 5.74) is -6.82. The van der Waals surface area contributed by atoms with Gasteiger partial charge >= 0.3 is 23.9 Å². The molecular weight excluding hydrogens is 640 g/mol. The predicted molar refractivity (Wildman–Crippen MR) is 172 cm³/mol. The van der Waals surface area contributed by atoms with Crippen LogP contribution in [0.5, 0.6) is 0 Å². The summed E-state index contributed by atoms with van der Waals surface area (Å²) in [5.74, 6) is -7.09. The highest BCUT2D eigenvalue weighted by molar-refractivity contribution is 5.91. The van der Waals surface area contributed by atoms with Gasteiger partial charge in [0.25, 0.3) is 0 Å². The smallest absolute Gasteiger partial charge is 0.339 e. The minimum absolute atomic E-state index is 0.0788. The second-order valence-electron chi connectivity index (χ2n) is 17.3. The molecule has 276 valence electrons. The predicted octanol–water partition coefficient (Wildman–Crippen LogP) is 2.21. The van der Waals surface area contributed by atoms with Crippen molar-refractivity contribution in [2.45, 2.75) is 123 Å². The molecule has 4 saturated carbocycles. The van der Waals surface area contributed by atoms with E-state index in [2.05, 4.69) is 33.8 Å². The van der Waals surface area contributed by atoms with E-state index < -0.39 is 99.9 Å². The van der Waals surface area contributed by atoms with Crippen LogP contribution >= 0.6 is 0 Å². The molecule has 15 atom stereocenters. The average molecular weight is 695 g/mol. The van der Waals surface area contributed by atoms with Crippen molar-refractivity contribution < 1.29 is 64.8 Å². The van der Waals surface area contributed by atoms with Gasteiger partial charge in [-0.2, -0.15) is 0 Å². The van der Waals surface area contributed by atoms with E-state index in [1.54, 1.807) is 6.92 Å². The van der Waals surface area contributed by atoms with Crippen LogP contribution < -0.4 is 0 Å². The van der Waals surface area contributed by atoms with E-state index in [-0.39, 0.29) is 30.6 Å². The highest BCUT2D eigenvalue weighted by Gasteiger charge is 2.73. The van der Waals surface area contributed by atoms with Crippen molar-refractivity contribution in [1.82, 2.24) is 0 Å². The molecule has 0 aromatic heterocycles. The lowest BCUT2D eigenvalue weighted by Gasteiger charge is -2.72. The molecule has 0 saturated heterocycles. The third kappa shape index (κ3) is 5.03. The first-order chi connectivity index (χ1) is 22.5. The van der Waals surface area contributed by atoms with Crippen LogP contribution in [-0.4, -0.2) is 101 Å². The number of carbonyl (C=O) groups is 4. The first kappa shape index (κ1) is 37.7. The minimum atomic E-state index is -3.40. The molecule has 0 radical (unpaired) electrons. The Morgan fingerprint density at radius 3 is 2.18 bits per heavy atom. The van der Waals surface area contributed by atoms with Crippen molar-refractivity contribution in [2.24, 2.45) is 56.7 Å². The molecule has 0 heterocycles. The highest BCUT2D eigenvalue weighted by atomic mass is 16.5. The lowest BCUT2D eigenvalue weighted by atomic mass is 9.32. The quantitative estimate of drug-likeness (QED) is 0.134. The van der Waals surface area contributed by atoms with E-state index >= 15 is 0 Å². The second kappa shape index (κ2) is 12.0. The number of aliphatic carboxylic acids is 3. The zero-order valence-electron chi connectivity index (χ0n) is 29.3. The third-order valence-corrected chi connectivity index (χ3v) is 15.1. The van der Waals surface area contributed by atoms with E-state index in [4.69, 9.17) is 4.74 Å². The van der Waals surface area contributed by atoms with Gasteiger partial charge in [-0.1, -0.05) is 53.2 Å². The van der Waals surface area contributed by atoms with Crippen LogP contribution in [0.3, 0.4) is 0 Å². The molecule has 0 aromatic carbocycles. The summed E-state index contributed by atoms with van der Waals surface area (Å²) in [4.78, 5) is 50.1. The summed E-state index contributed by atoms with van der Waals surface area (Å²) in [5, 5.41) is 83.8. The monoisotopic (exact) mass is 694 g/mol. The normalized spacial score (nSPS) is 47.9. The fraction of sp³-hybridized carbons (Fsp3) is 0.833. The summed E-state index contributed by atoms with van der Waals surface area (Å²) >= 11 is 0. The van der Waals surface area contributed by atoms with E-state index in [0.29, 0.717) is 31.6 Å². The maximum Gasteiger partial charge on any atom is 0.339 e. The number of aliphatic hydroxyl groups excluding tert-OH is 4. The van der Waals surface area contributed by atoms with Gasteiger partial charge in [-0.05, 0) is 84.9 Å². The molecule has 13 heteroatoms. The summed E-state index contributed by atoms with van der Waals surface area (Å²) < 4.78 is 6.04. The van der Waals surface area contributed by atoms with Gasteiger partial charge in [0.05, 0.1) is 30.7 Å². The Labute approximate surface area is 286 Å².